The van der Waals surface area contributed by atoms with E-state index in [0.717, 1.165) is 24.0 Å². The minimum atomic E-state index is -0.212. The highest BCUT2D eigenvalue weighted by molar-refractivity contribution is 5.88. The molecule has 1 N–H and O–H groups in total. The quantitative estimate of drug-likeness (QED) is 0.373. The standard InChI is InChI=1S/C14H18O2.C12H16O/c1-4-16-14(15)12(3)11(2)10-13-8-6-5-7-9-13;1-10(11(2)9-13)8-12-6-4-3-5-7-12/h5-9H,4,10H2,1-3H3;3-7,13H,8-9H2,1-2H3. The van der Waals surface area contributed by atoms with E-state index in [4.69, 9.17) is 9.84 Å². The number of aliphatic hydroxyl groups is 1. The molecule has 0 radical (unpaired) electrons. The van der Waals surface area contributed by atoms with Crippen LogP contribution in [0.5, 0.6) is 0 Å². The topological polar surface area (TPSA) is 46.5 Å². The zero-order chi connectivity index (χ0) is 21.6. The van der Waals surface area contributed by atoms with Crippen LogP contribution in [0.3, 0.4) is 0 Å². The number of carbonyl (C=O) groups excluding carboxylic acids is 1. The lowest BCUT2D eigenvalue weighted by Gasteiger charge is -2.07. The molecule has 0 bridgehead atoms. The van der Waals surface area contributed by atoms with Crippen LogP contribution in [-0.4, -0.2) is 24.3 Å². The molecule has 2 aromatic rings. The molecule has 3 heteroatoms. The van der Waals surface area contributed by atoms with Crippen LogP contribution in [0.4, 0.5) is 0 Å². The molecular formula is C26H34O3. The highest BCUT2D eigenvalue weighted by Gasteiger charge is 2.08. The number of hydrogen-bond donors (Lipinski definition) is 1. The van der Waals surface area contributed by atoms with Crippen molar-refractivity contribution in [2.45, 2.75) is 47.5 Å². The summed E-state index contributed by atoms with van der Waals surface area (Å²) in [4.78, 5) is 11.5. The van der Waals surface area contributed by atoms with Gasteiger partial charge in [0.1, 0.15) is 0 Å². The van der Waals surface area contributed by atoms with Crippen LogP contribution in [0, 0.1) is 0 Å². The van der Waals surface area contributed by atoms with Gasteiger partial charge in [0.2, 0.25) is 0 Å². The summed E-state index contributed by atoms with van der Waals surface area (Å²) in [5.41, 5.74) is 6.62. The average Bonchev–Trinajstić information content (AvgIpc) is 2.74. The van der Waals surface area contributed by atoms with E-state index >= 15 is 0 Å². The minimum Gasteiger partial charge on any atom is -0.463 e. The molecule has 0 fully saturated rings. The molecule has 156 valence electrons. The monoisotopic (exact) mass is 394 g/mol. The van der Waals surface area contributed by atoms with Gasteiger partial charge in [-0.05, 0) is 64.2 Å². The van der Waals surface area contributed by atoms with E-state index in [0.29, 0.717) is 12.2 Å². The Kier molecular flexibility index (Phi) is 11.4. The van der Waals surface area contributed by atoms with Crippen LogP contribution in [0.1, 0.15) is 45.7 Å². The number of aliphatic hydroxyl groups excluding tert-OH is 1. The van der Waals surface area contributed by atoms with Crippen LogP contribution in [-0.2, 0) is 22.4 Å². The first kappa shape index (κ1) is 24.4. The first-order valence-electron chi connectivity index (χ1n) is 10.1. The molecule has 0 unspecified atom stereocenters. The van der Waals surface area contributed by atoms with Gasteiger partial charge >= 0.3 is 5.97 Å². The fourth-order valence-electron chi connectivity index (χ4n) is 2.64. The van der Waals surface area contributed by atoms with Gasteiger partial charge in [0, 0.05) is 5.57 Å². The Balaban J connectivity index is 0.000000296. The van der Waals surface area contributed by atoms with Crippen molar-refractivity contribution in [3.8, 4) is 0 Å². The second-order valence-electron chi connectivity index (χ2n) is 7.17. The van der Waals surface area contributed by atoms with Crippen molar-refractivity contribution in [1.82, 2.24) is 0 Å². The summed E-state index contributed by atoms with van der Waals surface area (Å²) in [7, 11) is 0. The second-order valence-corrected chi connectivity index (χ2v) is 7.17. The number of hydrogen-bond acceptors (Lipinski definition) is 3. The number of carbonyl (C=O) groups is 1. The van der Waals surface area contributed by atoms with E-state index in [1.54, 1.807) is 0 Å². The molecule has 29 heavy (non-hydrogen) atoms. The van der Waals surface area contributed by atoms with E-state index in [2.05, 4.69) is 31.2 Å². The van der Waals surface area contributed by atoms with Gasteiger partial charge in [-0.15, -0.1) is 0 Å². The maximum atomic E-state index is 11.5. The van der Waals surface area contributed by atoms with Crippen molar-refractivity contribution in [2.75, 3.05) is 13.2 Å². The Morgan fingerprint density at radius 3 is 1.62 bits per heavy atom. The molecular weight excluding hydrogens is 360 g/mol. The third-order valence-electron chi connectivity index (χ3n) is 4.81. The fourth-order valence-corrected chi connectivity index (χ4v) is 2.64. The Hall–Kier alpha value is -2.65. The predicted octanol–water partition coefficient (Wildman–Crippen LogP) is 5.69. The normalized spacial score (nSPS) is 12.2. The second kappa shape index (κ2) is 13.5. The van der Waals surface area contributed by atoms with E-state index in [1.807, 2.05) is 64.1 Å². The molecule has 0 aromatic heterocycles. The van der Waals surface area contributed by atoms with Crippen LogP contribution in [0.25, 0.3) is 0 Å². The Morgan fingerprint density at radius 1 is 0.759 bits per heavy atom. The number of rotatable bonds is 7. The molecule has 0 aliphatic carbocycles. The molecule has 0 atom stereocenters. The van der Waals surface area contributed by atoms with Crippen molar-refractivity contribution in [1.29, 1.82) is 0 Å². The van der Waals surface area contributed by atoms with Crippen LogP contribution in [0.15, 0.2) is 83.0 Å². The van der Waals surface area contributed by atoms with Gasteiger partial charge in [0.05, 0.1) is 13.2 Å². The van der Waals surface area contributed by atoms with Gasteiger partial charge in [-0.3, -0.25) is 0 Å². The average molecular weight is 395 g/mol. The molecule has 3 nitrogen and oxygen atoms in total. The van der Waals surface area contributed by atoms with Gasteiger partial charge in [-0.1, -0.05) is 71.8 Å². The zero-order valence-electron chi connectivity index (χ0n) is 18.4. The lowest BCUT2D eigenvalue weighted by Crippen LogP contribution is -2.07. The van der Waals surface area contributed by atoms with E-state index in [1.165, 1.54) is 16.7 Å². The van der Waals surface area contributed by atoms with Gasteiger partial charge < -0.3 is 9.84 Å². The minimum absolute atomic E-state index is 0.165. The summed E-state index contributed by atoms with van der Waals surface area (Å²) in [5.74, 6) is -0.212. The third-order valence-corrected chi connectivity index (χ3v) is 4.81. The zero-order valence-corrected chi connectivity index (χ0v) is 18.4. The van der Waals surface area contributed by atoms with Gasteiger partial charge in [-0.25, -0.2) is 4.79 Å². The third kappa shape index (κ3) is 9.40. The van der Waals surface area contributed by atoms with Crippen LogP contribution in [0.2, 0.25) is 0 Å². The Bertz CT molecular complexity index is 802. The highest BCUT2D eigenvalue weighted by atomic mass is 16.5. The van der Waals surface area contributed by atoms with Crippen molar-refractivity contribution >= 4 is 5.97 Å². The molecule has 0 amide bonds. The fraction of sp³-hybridized carbons (Fsp3) is 0.346. The van der Waals surface area contributed by atoms with E-state index in [9.17, 15) is 4.79 Å². The summed E-state index contributed by atoms with van der Waals surface area (Å²) in [6, 6.07) is 20.4. The summed E-state index contributed by atoms with van der Waals surface area (Å²) in [5, 5.41) is 8.93. The number of allylic oxidation sites excluding steroid dienone is 2. The Morgan fingerprint density at radius 2 is 1.21 bits per heavy atom. The highest BCUT2D eigenvalue weighted by Crippen LogP contribution is 2.13. The van der Waals surface area contributed by atoms with Crippen LogP contribution < -0.4 is 0 Å². The molecule has 2 aromatic carbocycles. The lowest BCUT2D eigenvalue weighted by atomic mass is 10.0. The Labute approximate surface area is 175 Å². The summed E-state index contributed by atoms with van der Waals surface area (Å²) in [6.45, 7) is 10.2. The van der Waals surface area contributed by atoms with Gasteiger partial charge in [0.15, 0.2) is 0 Å². The summed E-state index contributed by atoms with van der Waals surface area (Å²) < 4.78 is 4.97. The predicted molar refractivity (Wildman–Crippen MR) is 121 cm³/mol. The van der Waals surface area contributed by atoms with E-state index in [-0.39, 0.29) is 12.6 Å². The summed E-state index contributed by atoms with van der Waals surface area (Å²) in [6.07, 6.45) is 1.73. The van der Waals surface area contributed by atoms with Crippen LogP contribution >= 0.6 is 0 Å². The van der Waals surface area contributed by atoms with Gasteiger partial charge in [-0.2, -0.15) is 0 Å². The SMILES string of the molecule is CC(CO)=C(C)Cc1ccccc1.CCOC(=O)C(C)=C(C)Cc1ccccc1. The van der Waals surface area contributed by atoms with Crippen molar-refractivity contribution in [2.24, 2.45) is 0 Å². The molecule has 0 spiro atoms. The molecule has 0 aliphatic heterocycles. The maximum absolute atomic E-state index is 11.5. The first-order chi connectivity index (χ1) is 13.9. The molecule has 0 saturated heterocycles. The van der Waals surface area contributed by atoms with Crippen molar-refractivity contribution in [3.63, 3.8) is 0 Å². The molecule has 0 saturated carbocycles. The van der Waals surface area contributed by atoms with E-state index < -0.39 is 0 Å². The number of esters is 1. The smallest absolute Gasteiger partial charge is 0.333 e. The first-order valence-corrected chi connectivity index (χ1v) is 10.1. The summed E-state index contributed by atoms with van der Waals surface area (Å²) >= 11 is 0. The molecule has 0 heterocycles. The maximum Gasteiger partial charge on any atom is 0.333 e. The lowest BCUT2D eigenvalue weighted by molar-refractivity contribution is -0.138. The number of benzene rings is 2. The van der Waals surface area contributed by atoms with Crippen molar-refractivity contribution in [3.05, 3.63) is 94.1 Å². The molecule has 2 rings (SSSR count). The van der Waals surface area contributed by atoms with Crippen molar-refractivity contribution < 1.29 is 14.6 Å². The molecule has 0 aliphatic rings. The van der Waals surface area contributed by atoms with Gasteiger partial charge in [0.25, 0.3) is 0 Å². The number of ether oxygens (including phenoxy) is 1. The largest absolute Gasteiger partial charge is 0.463 e.